The number of aliphatic hydroxyl groups is 8. The highest BCUT2D eigenvalue weighted by molar-refractivity contribution is 5.76. The van der Waals surface area contributed by atoms with E-state index in [1.807, 2.05) is 6.08 Å². The Kier molecular flexibility index (Phi) is 46.4. The maximum absolute atomic E-state index is 13.3. The van der Waals surface area contributed by atoms with Gasteiger partial charge in [0.2, 0.25) is 5.91 Å². The number of aliphatic hydroxyl groups excluding tert-OH is 8. The largest absolute Gasteiger partial charge is 0.394 e. The summed E-state index contributed by atoms with van der Waals surface area (Å²) in [7, 11) is 0. The van der Waals surface area contributed by atoms with Gasteiger partial charge in [-0.1, -0.05) is 227 Å². The molecule has 0 aliphatic carbocycles. The van der Waals surface area contributed by atoms with Crippen LogP contribution in [0.2, 0.25) is 0 Å². The summed E-state index contributed by atoms with van der Waals surface area (Å²) in [6.45, 7) is 2.67. The molecule has 0 spiro atoms. The van der Waals surface area contributed by atoms with Crippen LogP contribution in [0.25, 0.3) is 0 Å². The Balaban J connectivity index is 1.77. The van der Waals surface area contributed by atoms with E-state index in [0.29, 0.717) is 12.8 Å². The molecule has 80 heavy (non-hydrogen) atoms. The average molecular weight is 1130 g/mol. The number of nitrogens with one attached hydrogen (secondary N) is 1. The van der Waals surface area contributed by atoms with E-state index in [4.69, 9.17) is 18.9 Å². The van der Waals surface area contributed by atoms with Crippen LogP contribution >= 0.6 is 0 Å². The second-order valence-electron chi connectivity index (χ2n) is 22.1. The second-order valence-corrected chi connectivity index (χ2v) is 22.1. The van der Waals surface area contributed by atoms with Crippen LogP contribution in [-0.4, -0.2) is 140 Å². The third-order valence-electron chi connectivity index (χ3n) is 15.0. The second kappa shape index (κ2) is 50.7. The van der Waals surface area contributed by atoms with Crippen molar-refractivity contribution in [3.8, 4) is 0 Å². The molecule has 0 bridgehead atoms. The van der Waals surface area contributed by atoms with E-state index in [1.165, 1.54) is 122 Å². The molecule has 2 fully saturated rings. The molecule has 0 saturated carbocycles. The Morgan fingerprint density at radius 2 is 0.875 bits per heavy atom. The van der Waals surface area contributed by atoms with Crippen LogP contribution in [0.15, 0.2) is 85.1 Å². The molecule has 12 unspecified atom stereocenters. The summed E-state index contributed by atoms with van der Waals surface area (Å²) in [5, 5.41) is 87.2. The van der Waals surface area contributed by atoms with Crippen LogP contribution in [0.4, 0.5) is 0 Å². The number of allylic oxidation sites excluding steroid dienone is 13. The molecule has 12 atom stereocenters. The number of carbonyl (C=O) groups excluding carboxylic acids is 1. The van der Waals surface area contributed by atoms with Crippen molar-refractivity contribution in [3.05, 3.63) is 85.1 Å². The average Bonchev–Trinajstić information content (AvgIpc) is 3.46. The normalized spacial score (nSPS) is 24.8. The molecule has 0 aromatic rings. The summed E-state index contributed by atoms with van der Waals surface area (Å²) in [6, 6.07) is -0.946. The predicted molar refractivity (Wildman–Crippen MR) is 323 cm³/mol. The molecule has 9 N–H and O–H groups in total. The molecule has 2 heterocycles. The van der Waals surface area contributed by atoms with Gasteiger partial charge in [0.05, 0.1) is 32.0 Å². The molecule has 2 aliphatic rings. The predicted octanol–water partition coefficient (Wildman–Crippen LogP) is 11.7. The van der Waals surface area contributed by atoms with Crippen molar-refractivity contribution < 1.29 is 64.6 Å². The fraction of sp³-hybridized carbons (Fsp3) is 0.773. The number of ether oxygens (including phenoxy) is 4. The van der Waals surface area contributed by atoms with Gasteiger partial charge in [0, 0.05) is 6.42 Å². The van der Waals surface area contributed by atoms with Gasteiger partial charge in [-0.15, -0.1) is 0 Å². The third-order valence-corrected chi connectivity index (χ3v) is 15.0. The summed E-state index contributed by atoms with van der Waals surface area (Å²) in [5.41, 5.74) is 0. The maximum atomic E-state index is 13.3. The molecule has 0 radical (unpaired) electrons. The lowest BCUT2D eigenvalue weighted by Crippen LogP contribution is -2.65. The van der Waals surface area contributed by atoms with E-state index in [9.17, 15) is 45.6 Å². The third kappa shape index (κ3) is 35.3. The summed E-state index contributed by atoms with van der Waals surface area (Å²) in [4.78, 5) is 13.3. The molecule has 0 aromatic carbocycles. The number of amides is 1. The van der Waals surface area contributed by atoms with E-state index in [-0.39, 0.29) is 18.9 Å². The smallest absolute Gasteiger partial charge is 0.220 e. The molecule has 2 saturated heterocycles. The molecular formula is C66H115NO13. The van der Waals surface area contributed by atoms with Crippen LogP contribution in [-0.2, 0) is 23.7 Å². The van der Waals surface area contributed by atoms with Gasteiger partial charge in [0.1, 0.15) is 48.8 Å². The monoisotopic (exact) mass is 1130 g/mol. The molecule has 14 nitrogen and oxygen atoms in total. The molecular weight excluding hydrogens is 1010 g/mol. The zero-order chi connectivity index (χ0) is 58.1. The summed E-state index contributed by atoms with van der Waals surface area (Å²) in [5.74, 6) is -0.260. The lowest BCUT2D eigenvalue weighted by atomic mass is 9.97. The summed E-state index contributed by atoms with van der Waals surface area (Å²) < 4.78 is 22.8. The topological polar surface area (TPSA) is 228 Å². The highest BCUT2D eigenvalue weighted by Crippen LogP contribution is 2.30. The van der Waals surface area contributed by atoms with Crippen molar-refractivity contribution in [3.63, 3.8) is 0 Å². The van der Waals surface area contributed by atoms with Crippen LogP contribution in [0.5, 0.6) is 0 Å². The Morgan fingerprint density at radius 1 is 0.463 bits per heavy atom. The van der Waals surface area contributed by atoms with Crippen molar-refractivity contribution in [1.82, 2.24) is 5.32 Å². The van der Waals surface area contributed by atoms with Gasteiger partial charge >= 0.3 is 0 Å². The standard InChI is InChI=1S/C66H115NO13/c1-3-5-7-9-11-13-15-17-19-21-23-25-27-29-31-33-35-37-39-41-43-45-47-49-55(70)54(53-77-65-63(76)61(74)64(57(52-69)79-65)80-66-62(75)60(73)59(72)56(51-68)78-66)67-58(71)50-48-46-44-42-40-38-36-34-32-30-28-26-24-22-20-18-16-14-12-10-8-6-4-2/h6,8,12,14,18,20,24,26,31,33,39,41,47,49,54-57,59-66,68-70,72-76H,3-5,7,9-11,13,15-17,19,21-23,25,27-30,32,34-38,40,42-46,48,50-53H2,1-2H3,(H,67,71)/b8-6-,14-12-,20-18-,26-24-,33-31+,41-39+,49-47+. The lowest BCUT2D eigenvalue weighted by Gasteiger charge is -2.46. The van der Waals surface area contributed by atoms with E-state index in [1.54, 1.807) is 6.08 Å². The highest BCUT2D eigenvalue weighted by atomic mass is 16.7. The fourth-order valence-corrected chi connectivity index (χ4v) is 9.96. The Labute approximate surface area is 484 Å². The first-order valence-corrected chi connectivity index (χ1v) is 31.8. The molecule has 0 aromatic heterocycles. The van der Waals surface area contributed by atoms with Crippen LogP contribution in [0.1, 0.15) is 232 Å². The minimum Gasteiger partial charge on any atom is -0.394 e. The van der Waals surface area contributed by atoms with Gasteiger partial charge in [0.15, 0.2) is 12.6 Å². The van der Waals surface area contributed by atoms with Gasteiger partial charge in [-0.25, -0.2) is 0 Å². The van der Waals surface area contributed by atoms with E-state index in [2.05, 4.69) is 92.1 Å². The summed E-state index contributed by atoms with van der Waals surface area (Å²) >= 11 is 0. The van der Waals surface area contributed by atoms with Crippen LogP contribution in [0.3, 0.4) is 0 Å². The van der Waals surface area contributed by atoms with Gasteiger partial charge in [-0.05, 0) is 83.5 Å². The first-order valence-electron chi connectivity index (χ1n) is 31.8. The first-order chi connectivity index (χ1) is 39.1. The number of hydrogen-bond acceptors (Lipinski definition) is 13. The zero-order valence-electron chi connectivity index (χ0n) is 49.8. The van der Waals surface area contributed by atoms with Crippen molar-refractivity contribution in [2.75, 3.05) is 19.8 Å². The van der Waals surface area contributed by atoms with Crippen LogP contribution < -0.4 is 5.32 Å². The van der Waals surface area contributed by atoms with Crippen LogP contribution in [0, 0.1) is 0 Å². The van der Waals surface area contributed by atoms with Crippen molar-refractivity contribution in [2.24, 2.45) is 0 Å². The quantitative estimate of drug-likeness (QED) is 0.0204. The van der Waals surface area contributed by atoms with Crippen molar-refractivity contribution in [2.45, 2.75) is 306 Å². The summed E-state index contributed by atoms with van der Waals surface area (Å²) in [6.07, 6.45) is 51.9. The lowest BCUT2D eigenvalue weighted by molar-refractivity contribution is -0.359. The van der Waals surface area contributed by atoms with Gasteiger partial charge in [-0.3, -0.25) is 4.79 Å². The van der Waals surface area contributed by atoms with E-state index < -0.39 is 86.8 Å². The molecule has 1 amide bonds. The SMILES string of the molecule is CC/C=C\C/C=C\C/C=C\C/C=C\CCCCCCCCCCCCC(=O)NC(COC1OC(CO)C(OC2OC(CO)C(O)C(O)C2O)C(O)C1O)C(O)/C=C/CC/C=C/CC/C=C/CCCCCCCCCCCCCCC. The van der Waals surface area contributed by atoms with Gasteiger partial charge in [-0.2, -0.15) is 0 Å². The van der Waals surface area contributed by atoms with Crippen molar-refractivity contribution >= 4 is 5.91 Å². The zero-order valence-corrected chi connectivity index (χ0v) is 49.8. The molecule has 14 heteroatoms. The first kappa shape index (κ1) is 73.3. The van der Waals surface area contributed by atoms with E-state index in [0.717, 1.165) is 77.0 Å². The Bertz CT molecular complexity index is 1660. The van der Waals surface area contributed by atoms with E-state index >= 15 is 0 Å². The fourth-order valence-electron chi connectivity index (χ4n) is 9.96. The minimum atomic E-state index is -1.80. The molecule has 2 rings (SSSR count). The Hall–Kier alpha value is -2.83. The molecule has 2 aliphatic heterocycles. The van der Waals surface area contributed by atoms with Gasteiger partial charge in [0.25, 0.3) is 0 Å². The number of carbonyl (C=O) groups is 1. The number of hydrogen-bond donors (Lipinski definition) is 9. The highest BCUT2D eigenvalue weighted by Gasteiger charge is 2.51. The van der Waals surface area contributed by atoms with Crippen molar-refractivity contribution in [1.29, 1.82) is 0 Å². The molecule has 462 valence electrons. The minimum absolute atomic E-state index is 0.260. The Morgan fingerprint density at radius 3 is 1.38 bits per heavy atom. The maximum Gasteiger partial charge on any atom is 0.220 e. The number of rotatable bonds is 50. The van der Waals surface area contributed by atoms with Gasteiger partial charge < -0.3 is 65.1 Å². The number of unbranched alkanes of at least 4 members (excludes halogenated alkanes) is 25.